The molecule has 2 heterocycles. The maximum atomic E-state index is 12.5. The van der Waals surface area contributed by atoms with E-state index in [1.165, 1.54) is 11.8 Å². The number of amides is 1. The highest BCUT2D eigenvalue weighted by Crippen LogP contribution is 2.27. The monoisotopic (exact) mass is 403 g/mol. The highest BCUT2D eigenvalue weighted by molar-refractivity contribution is 5.91. The Morgan fingerprint density at radius 3 is 2.90 bits per heavy atom. The summed E-state index contributed by atoms with van der Waals surface area (Å²) in [5, 5.41) is 4.21. The molecule has 3 aromatic rings. The zero-order chi connectivity index (χ0) is 20.9. The van der Waals surface area contributed by atoms with E-state index in [-0.39, 0.29) is 5.91 Å². The number of aryl methyl sites for hydroxylation is 1. The van der Waals surface area contributed by atoms with E-state index in [2.05, 4.69) is 34.5 Å². The third-order valence-corrected chi connectivity index (χ3v) is 5.91. The summed E-state index contributed by atoms with van der Waals surface area (Å²) in [6.07, 6.45) is 3.73. The number of rotatable bonds is 6. The fraction of sp³-hybridized carbons (Fsp3) is 0.360. The predicted octanol–water partition coefficient (Wildman–Crippen LogP) is 5.19. The number of aromatic nitrogens is 1. The van der Waals surface area contributed by atoms with Crippen LogP contribution in [-0.4, -0.2) is 31.1 Å². The first kappa shape index (κ1) is 20.2. The summed E-state index contributed by atoms with van der Waals surface area (Å²) in [5.74, 6) is 2.42. The molecule has 0 unspecified atom stereocenters. The summed E-state index contributed by atoms with van der Waals surface area (Å²) in [7, 11) is 1.65. The number of hydrogen-bond acceptors (Lipinski definition) is 4. The highest BCUT2D eigenvalue weighted by atomic mass is 16.5. The van der Waals surface area contributed by atoms with Crippen LogP contribution in [0.25, 0.3) is 10.9 Å². The molecule has 0 saturated carbocycles. The van der Waals surface area contributed by atoms with Gasteiger partial charge >= 0.3 is 0 Å². The maximum Gasteiger partial charge on any atom is 0.224 e. The van der Waals surface area contributed by atoms with Crippen LogP contribution in [0.15, 0.2) is 54.6 Å². The molecule has 1 aliphatic heterocycles. The molecule has 0 radical (unpaired) electrons. The molecular formula is C25H29N3O2. The van der Waals surface area contributed by atoms with Gasteiger partial charge in [0, 0.05) is 30.6 Å². The number of benzene rings is 2. The summed E-state index contributed by atoms with van der Waals surface area (Å²) >= 11 is 0. The van der Waals surface area contributed by atoms with Crippen molar-refractivity contribution in [1.82, 2.24) is 4.98 Å². The molecule has 1 aromatic heterocycles. The van der Waals surface area contributed by atoms with Gasteiger partial charge in [-0.3, -0.25) is 4.79 Å². The van der Waals surface area contributed by atoms with E-state index in [0.717, 1.165) is 54.3 Å². The molecule has 1 saturated heterocycles. The van der Waals surface area contributed by atoms with Crippen LogP contribution < -0.4 is 15.0 Å². The topological polar surface area (TPSA) is 54.5 Å². The number of ether oxygens (including phenoxy) is 1. The molecule has 5 nitrogen and oxygen atoms in total. The van der Waals surface area contributed by atoms with Crippen LogP contribution in [-0.2, 0) is 4.79 Å². The van der Waals surface area contributed by atoms with Crippen LogP contribution in [0.3, 0.4) is 0 Å². The van der Waals surface area contributed by atoms with Gasteiger partial charge in [0.25, 0.3) is 0 Å². The molecular weight excluding hydrogens is 374 g/mol. The van der Waals surface area contributed by atoms with E-state index in [1.54, 1.807) is 7.11 Å². The number of para-hydroxylation sites is 1. The van der Waals surface area contributed by atoms with Crippen molar-refractivity contribution in [2.45, 2.75) is 32.6 Å². The zero-order valence-electron chi connectivity index (χ0n) is 17.7. The number of carbonyl (C=O) groups excluding carboxylic acids is 1. The number of piperidine rings is 1. The summed E-state index contributed by atoms with van der Waals surface area (Å²) in [5.41, 5.74) is 2.90. The molecule has 30 heavy (non-hydrogen) atoms. The van der Waals surface area contributed by atoms with E-state index in [9.17, 15) is 4.79 Å². The molecule has 1 atom stereocenters. The lowest BCUT2D eigenvalue weighted by atomic mass is 9.93. The third kappa shape index (κ3) is 4.73. The van der Waals surface area contributed by atoms with Crippen molar-refractivity contribution in [3.05, 3.63) is 60.2 Å². The average Bonchev–Trinajstić information content (AvgIpc) is 2.79. The summed E-state index contributed by atoms with van der Waals surface area (Å²) in [4.78, 5) is 19.7. The first-order chi connectivity index (χ1) is 14.6. The number of anilines is 2. The van der Waals surface area contributed by atoms with Gasteiger partial charge in [0.15, 0.2) is 0 Å². The van der Waals surface area contributed by atoms with Gasteiger partial charge in [-0.25, -0.2) is 4.98 Å². The normalized spacial score (nSPS) is 16.5. The number of nitrogens with one attached hydrogen (secondary N) is 1. The van der Waals surface area contributed by atoms with Crippen LogP contribution in [0.1, 0.15) is 31.2 Å². The molecule has 0 aliphatic carbocycles. The van der Waals surface area contributed by atoms with Crippen LogP contribution in [0, 0.1) is 12.8 Å². The third-order valence-electron chi connectivity index (χ3n) is 5.91. The number of hydrogen-bond donors (Lipinski definition) is 1. The van der Waals surface area contributed by atoms with Crippen LogP contribution in [0.5, 0.6) is 5.75 Å². The number of methoxy groups -OCH3 is 1. The van der Waals surface area contributed by atoms with Crippen molar-refractivity contribution in [2.24, 2.45) is 5.92 Å². The lowest BCUT2D eigenvalue weighted by molar-refractivity contribution is -0.116. The Kier molecular flexibility index (Phi) is 6.17. The molecule has 1 N–H and O–H groups in total. The number of nitrogens with zero attached hydrogens (tertiary/aromatic N) is 2. The first-order valence-electron chi connectivity index (χ1n) is 10.7. The SMILES string of the molecule is COc1ccc(NC(=O)CC[C@H]2CCCN(c3ccc4ccccc4n3)C2)c(C)c1. The molecule has 4 rings (SSSR count). The van der Waals surface area contributed by atoms with Crippen LogP contribution >= 0.6 is 0 Å². The molecule has 0 bridgehead atoms. The number of fused-ring (bicyclic) bond motifs is 1. The summed E-state index contributed by atoms with van der Waals surface area (Å²) in [6, 6.07) is 18.2. The van der Waals surface area contributed by atoms with E-state index >= 15 is 0 Å². The largest absolute Gasteiger partial charge is 0.497 e. The zero-order valence-corrected chi connectivity index (χ0v) is 17.7. The lowest BCUT2D eigenvalue weighted by Gasteiger charge is -2.33. The molecule has 0 spiro atoms. The van der Waals surface area contributed by atoms with Crippen molar-refractivity contribution in [2.75, 3.05) is 30.4 Å². The number of pyridine rings is 1. The van der Waals surface area contributed by atoms with Crippen molar-refractivity contribution in [3.8, 4) is 5.75 Å². The second-order valence-corrected chi connectivity index (χ2v) is 8.08. The number of carbonyl (C=O) groups is 1. The van der Waals surface area contributed by atoms with E-state index in [0.29, 0.717) is 12.3 Å². The average molecular weight is 404 g/mol. The Hall–Kier alpha value is -3.08. The van der Waals surface area contributed by atoms with Gasteiger partial charge in [0.05, 0.1) is 12.6 Å². The first-order valence-corrected chi connectivity index (χ1v) is 10.7. The molecule has 1 amide bonds. The second-order valence-electron chi connectivity index (χ2n) is 8.08. The van der Waals surface area contributed by atoms with Crippen LogP contribution in [0.2, 0.25) is 0 Å². The minimum atomic E-state index is 0.0734. The molecule has 2 aromatic carbocycles. The minimum Gasteiger partial charge on any atom is -0.497 e. The Balaban J connectivity index is 1.33. The summed E-state index contributed by atoms with van der Waals surface area (Å²) < 4.78 is 5.23. The quantitative estimate of drug-likeness (QED) is 0.616. The molecule has 1 fully saturated rings. The van der Waals surface area contributed by atoms with E-state index < -0.39 is 0 Å². The van der Waals surface area contributed by atoms with Crippen molar-refractivity contribution in [1.29, 1.82) is 0 Å². The van der Waals surface area contributed by atoms with Crippen molar-refractivity contribution in [3.63, 3.8) is 0 Å². The van der Waals surface area contributed by atoms with Gasteiger partial charge in [-0.1, -0.05) is 18.2 Å². The smallest absolute Gasteiger partial charge is 0.224 e. The van der Waals surface area contributed by atoms with E-state index in [4.69, 9.17) is 9.72 Å². The van der Waals surface area contributed by atoms with Crippen molar-refractivity contribution < 1.29 is 9.53 Å². The summed E-state index contributed by atoms with van der Waals surface area (Å²) in [6.45, 7) is 3.97. The van der Waals surface area contributed by atoms with Gasteiger partial charge in [-0.05, 0) is 74.1 Å². The van der Waals surface area contributed by atoms with Gasteiger partial charge < -0.3 is 15.0 Å². The maximum absolute atomic E-state index is 12.5. The predicted molar refractivity (Wildman–Crippen MR) is 122 cm³/mol. The highest BCUT2D eigenvalue weighted by Gasteiger charge is 2.22. The Morgan fingerprint density at radius 1 is 1.20 bits per heavy atom. The Labute approximate surface area is 178 Å². The standard InChI is InChI=1S/C25H29N3O2/c1-18-16-21(30-2)11-12-22(18)27-25(29)14-9-19-6-5-15-28(17-19)24-13-10-20-7-3-4-8-23(20)26-24/h3-4,7-8,10-13,16,19H,5-6,9,14-15,17H2,1-2H3,(H,27,29)/t19-/m1/s1. The van der Waals surface area contributed by atoms with Gasteiger partial charge in [0.2, 0.25) is 5.91 Å². The molecule has 5 heteroatoms. The van der Waals surface area contributed by atoms with Gasteiger partial charge in [-0.2, -0.15) is 0 Å². The van der Waals surface area contributed by atoms with Crippen LogP contribution in [0.4, 0.5) is 11.5 Å². The molecule has 1 aliphatic rings. The van der Waals surface area contributed by atoms with Gasteiger partial charge in [0.1, 0.15) is 11.6 Å². The van der Waals surface area contributed by atoms with E-state index in [1.807, 2.05) is 37.3 Å². The minimum absolute atomic E-state index is 0.0734. The second kappa shape index (κ2) is 9.16. The fourth-order valence-corrected chi connectivity index (χ4v) is 4.19. The fourth-order valence-electron chi connectivity index (χ4n) is 4.19. The van der Waals surface area contributed by atoms with Gasteiger partial charge in [-0.15, -0.1) is 0 Å². The Bertz CT molecular complexity index is 1030. The molecule has 156 valence electrons. The van der Waals surface area contributed by atoms with Crippen molar-refractivity contribution >= 4 is 28.3 Å². The Morgan fingerprint density at radius 2 is 2.07 bits per heavy atom. The lowest BCUT2D eigenvalue weighted by Crippen LogP contribution is -2.36.